The maximum absolute atomic E-state index is 6.40. The maximum Gasteiger partial charge on any atom is 0.0676 e. The lowest BCUT2D eigenvalue weighted by atomic mass is 9.81. The fourth-order valence-corrected chi connectivity index (χ4v) is 6.01. The van der Waals surface area contributed by atoms with Gasteiger partial charge in [0.2, 0.25) is 0 Å². The highest BCUT2D eigenvalue weighted by molar-refractivity contribution is 6.35. The number of likely N-dealkylation sites (tertiary alicyclic amines) is 2. The third-order valence-corrected chi connectivity index (χ3v) is 8.42. The predicted molar refractivity (Wildman–Crippen MR) is 128 cm³/mol. The number of halogens is 2. The Labute approximate surface area is 194 Å². The van der Waals surface area contributed by atoms with E-state index in [0.717, 1.165) is 48.7 Å². The van der Waals surface area contributed by atoms with Crippen molar-refractivity contribution in [3.05, 3.63) is 33.8 Å². The van der Waals surface area contributed by atoms with Gasteiger partial charge in [0, 0.05) is 43.3 Å². The van der Waals surface area contributed by atoms with Gasteiger partial charge in [0.05, 0.1) is 5.60 Å². The van der Waals surface area contributed by atoms with Crippen LogP contribution in [0.25, 0.3) is 0 Å². The summed E-state index contributed by atoms with van der Waals surface area (Å²) in [5.74, 6) is 2.29. The second-order valence-corrected chi connectivity index (χ2v) is 10.6. The lowest BCUT2D eigenvalue weighted by Crippen LogP contribution is -2.41. The molecule has 0 amide bonds. The quantitative estimate of drug-likeness (QED) is 0.430. The average Bonchev–Trinajstić information content (AvgIpc) is 3.08. The SMILES string of the molecule is CCC(CC)(CC1CCN(C[C@H]2CN(Cc3ccc(Cl)cc3Cl)C[C@@H]2C)CC1)OC. The van der Waals surface area contributed by atoms with Crippen molar-refractivity contribution in [1.29, 1.82) is 0 Å². The Morgan fingerprint density at radius 2 is 1.77 bits per heavy atom. The molecule has 0 radical (unpaired) electrons. The summed E-state index contributed by atoms with van der Waals surface area (Å²) < 4.78 is 5.93. The van der Waals surface area contributed by atoms with Crippen LogP contribution in [0.1, 0.15) is 58.4 Å². The third-order valence-electron chi connectivity index (χ3n) is 7.83. The van der Waals surface area contributed by atoms with Crippen molar-refractivity contribution in [3.63, 3.8) is 0 Å². The van der Waals surface area contributed by atoms with Gasteiger partial charge in [0.25, 0.3) is 0 Å². The maximum atomic E-state index is 6.40. The highest BCUT2D eigenvalue weighted by atomic mass is 35.5. The Balaban J connectivity index is 1.46. The van der Waals surface area contributed by atoms with Crippen LogP contribution >= 0.6 is 23.2 Å². The summed E-state index contributed by atoms with van der Waals surface area (Å²) in [6.45, 7) is 13.9. The molecule has 0 saturated carbocycles. The number of hydrogen-bond donors (Lipinski definition) is 0. The molecule has 5 heteroatoms. The minimum absolute atomic E-state index is 0.0935. The minimum atomic E-state index is 0.0935. The topological polar surface area (TPSA) is 15.7 Å². The van der Waals surface area contributed by atoms with Crippen molar-refractivity contribution in [1.82, 2.24) is 9.80 Å². The number of hydrogen-bond acceptors (Lipinski definition) is 3. The van der Waals surface area contributed by atoms with Crippen molar-refractivity contribution in [2.75, 3.05) is 39.8 Å². The number of methoxy groups -OCH3 is 1. The normalized spacial score (nSPS) is 24.6. The van der Waals surface area contributed by atoms with Gasteiger partial charge in [-0.25, -0.2) is 0 Å². The molecule has 0 aromatic heterocycles. The van der Waals surface area contributed by atoms with Crippen molar-refractivity contribution in [3.8, 4) is 0 Å². The Bertz CT molecular complexity index is 663. The van der Waals surface area contributed by atoms with Crippen molar-refractivity contribution in [2.45, 2.75) is 65.0 Å². The minimum Gasteiger partial charge on any atom is -0.378 e. The number of piperidine rings is 1. The van der Waals surface area contributed by atoms with Gasteiger partial charge in [-0.2, -0.15) is 0 Å². The van der Waals surface area contributed by atoms with Gasteiger partial charge in [-0.3, -0.25) is 4.90 Å². The summed E-state index contributed by atoms with van der Waals surface area (Å²) in [4.78, 5) is 5.27. The number of rotatable bonds is 9. The molecule has 2 heterocycles. The van der Waals surface area contributed by atoms with E-state index in [1.165, 1.54) is 51.0 Å². The molecular weight excluding hydrogens is 415 g/mol. The highest BCUT2D eigenvalue weighted by Gasteiger charge is 2.34. The van der Waals surface area contributed by atoms with E-state index in [1.807, 2.05) is 19.2 Å². The molecule has 1 aromatic carbocycles. The smallest absolute Gasteiger partial charge is 0.0676 e. The van der Waals surface area contributed by atoms with E-state index in [-0.39, 0.29) is 5.60 Å². The van der Waals surface area contributed by atoms with Crippen molar-refractivity contribution in [2.24, 2.45) is 17.8 Å². The van der Waals surface area contributed by atoms with Crippen LogP contribution in [0.2, 0.25) is 10.0 Å². The second kappa shape index (κ2) is 11.0. The third kappa shape index (κ3) is 6.13. The Morgan fingerprint density at radius 3 is 2.37 bits per heavy atom. The van der Waals surface area contributed by atoms with Gasteiger partial charge in [-0.05, 0) is 80.6 Å². The molecule has 170 valence electrons. The summed E-state index contributed by atoms with van der Waals surface area (Å²) in [7, 11) is 1.90. The molecule has 2 saturated heterocycles. The molecule has 1 aromatic rings. The fraction of sp³-hybridized carbons (Fsp3) is 0.760. The molecule has 30 heavy (non-hydrogen) atoms. The monoisotopic (exact) mass is 454 g/mol. The van der Waals surface area contributed by atoms with Crippen LogP contribution < -0.4 is 0 Å². The van der Waals surface area contributed by atoms with Crippen LogP contribution in [0.5, 0.6) is 0 Å². The van der Waals surface area contributed by atoms with Crippen LogP contribution in [0.15, 0.2) is 18.2 Å². The van der Waals surface area contributed by atoms with Gasteiger partial charge < -0.3 is 9.64 Å². The van der Waals surface area contributed by atoms with E-state index in [0.29, 0.717) is 5.02 Å². The van der Waals surface area contributed by atoms with Crippen LogP contribution in [0.4, 0.5) is 0 Å². The molecule has 2 fully saturated rings. The van der Waals surface area contributed by atoms with Crippen molar-refractivity contribution < 1.29 is 4.74 Å². The molecule has 3 rings (SSSR count). The largest absolute Gasteiger partial charge is 0.378 e. The van der Waals surface area contributed by atoms with Crippen molar-refractivity contribution >= 4 is 23.2 Å². The van der Waals surface area contributed by atoms with Gasteiger partial charge in [0.1, 0.15) is 0 Å². The van der Waals surface area contributed by atoms with Crippen LogP contribution in [-0.2, 0) is 11.3 Å². The van der Waals surface area contributed by atoms with Gasteiger partial charge in [0.15, 0.2) is 0 Å². The lowest BCUT2D eigenvalue weighted by molar-refractivity contribution is -0.0424. The fourth-order valence-electron chi connectivity index (χ4n) is 5.54. The summed E-state index contributed by atoms with van der Waals surface area (Å²) >= 11 is 12.4. The Hall–Kier alpha value is -0.320. The summed E-state index contributed by atoms with van der Waals surface area (Å²) in [6, 6.07) is 5.87. The van der Waals surface area contributed by atoms with E-state index >= 15 is 0 Å². The van der Waals surface area contributed by atoms with E-state index in [2.05, 4.69) is 36.6 Å². The van der Waals surface area contributed by atoms with Gasteiger partial charge in [-0.1, -0.05) is 50.0 Å². The highest BCUT2D eigenvalue weighted by Crippen LogP contribution is 2.34. The van der Waals surface area contributed by atoms with E-state index < -0.39 is 0 Å². The van der Waals surface area contributed by atoms with Crippen LogP contribution in [0, 0.1) is 17.8 Å². The second-order valence-electron chi connectivity index (χ2n) is 9.71. The molecule has 2 aliphatic heterocycles. The first-order valence-corrected chi connectivity index (χ1v) is 12.6. The molecule has 0 N–H and O–H groups in total. The molecule has 0 unspecified atom stereocenters. The first-order valence-electron chi connectivity index (χ1n) is 11.8. The number of ether oxygens (including phenoxy) is 1. The summed E-state index contributed by atoms with van der Waals surface area (Å²) in [5.41, 5.74) is 1.28. The molecule has 0 aliphatic carbocycles. The standard InChI is InChI=1S/C25H40Cl2N2O/c1-5-25(6-2,30-4)14-20-9-11-28(12-10-20)17-22-18-29(15-19(22)3)16-21-7-8-23(26)13-24(21)27/h7-8,13,19-20,22H,5-6,9-12,14-18H2,1-4H3/t19-,22-/m0/s1. The molecule has 3 nitrogen and oxygen atoms in total. The lowest BCUT2D eigenvalue weighted by Gasteiger charge is -2.39. The average molecular weight is 456 g/mol. The number of benzene rings is 1. The van der Waals surface area contributed by atoms with Crippen LogP contribution in [0.3, 0.4) is 0 Å². The first-order chi connectivity index (χ1) is 14.4. The zero-order chi connectivity index (χ0) is 21.7. The summed E-state index contributed by atoms with van der Waals surface area (Å²) in [6.07, 6.45) is 6.09. The van der Waals surface area contributed by atoms with E-state index in [9.17, 15) is 0 Å². The zero-order valence-corrected chi connectivity index (χ0v) is 20.8. The number of nitrogens with zero attached hydrogens (tertiary/aromatic N) is 2. The molecule has 0 bridgehead atoms. The Kier molecular flexibility index (Phi) is 8.93. The molecule has 0 spiro atoms. The Morgan fingerprint density at radius 1 is 1.07 bits per heavy atom. The van der Waals surface area contributed by atoms with E-state index in [1.54, 1.807) is 0 Å². The van der Waals surface area contributed by atoms with Crippen LogP contribution in [-0.4, -0.2) is 55.2 Å². The summed E-state index contributed by atoms with van der Waals surface area (Å²) in [5, 5.41) is 1.49. The molecule has 2 aliphatic rings. The molecular formula is C25H40Cl2N2O. The zero-order valence-electron chi connectivity index (χ0n) is 19.3. The molecule has 2 atom stereocenters. The predicted octanol–water partition coefficient (Wildman–Crippen LogP) is 6.37. The van der Waals surface area contributed by atoms with E-state index in [4.69, 9.17) is 27.9 Å². The first kappa shape index (κ1) is 24.3. The van der Waals surface area contributed by atoms with Gasteiger partial charge in [-0.15, -0.1) is 0 Å². The van der Waals surface area contributed by atoms with Gasteiger partial charge >= 0.3 is 0 Å².